The number of halogens is 2. The van der Waals surface area contributed by atoms with Crippen LogP contribution in [0.5, 0.6) is 0 Å². The number of rotatable bonds is 10. The van der Waals surface area contributed by atoms with Gasteiger partial charge in [-0.1, -0.05) is 24.3 Å². The molecule has 4 rings (SSSR count). The fourth-order valence-electron chi connectivity index (χ4n) is 4.93. The van der Waals surface area contributed by atoms with Gasteiger partial charge in [0.05, 0.1) is 13.2 Å². The SMILES string of the molecule is COC(=O)c1c(F)cc(CCN2C(=O)CCN2CCC(O)c2cccc(-c3ccc(C(N)=O)cc3C)c2)cc1F. The summed E-state index contributed by atoms with van der Waals surface area (Å²) in [5, 5.41) is 14.3. The van der Waals surface area contributed by atoms with E-state index in [0.717, 1.165) is 35.9 Å². The van der Waals surface area contributed by atoms with Crippen LogP contribution in [0.15, 0.2) is 54.6 Å². The Bertz CT molecular complexity index is 1420. The maximum absolute atomic E-state index is 14.3. The molecule has 1 saturated heterocycles. The van der Waals surface area contributed by atoms with Gasteiger partial charge in [-0.25, -0.2) is 18.6 Å². The van der Waals surface area contributed by atoms with Gasteiger partial charge >= 0.3 is 5.97 Å². The highest BCUT2D eigenvalue weighted by atomic mass is 19.1. The van der Waals surface area contributed by atoms with Crippen molar-refractivity contribution in [3.05, 3.63) is 94.0 Å². The molecule has 210 valence electrons. The third-order valence-electron chi connectivity index (χ3n) is 7.07. The first-order valence-electron chi connectivity index (χ1n) is 12.9. The molecule has 1 aliphatic rings. The molecule has 3 aromatic carbocycles. The van der Waals surface area contributed by atoms with Crippen LogP contribution in [0.1, 0.15) is 56.4 Å². The molecule has 1 unspecified atom stereocenters. The zero-order valence-electron chi connectivity index (χ0n) is 22.3. The number of hydrogen-bond acceptors (Lipinski definition) is 6. The number of benzene rings is 3. The number of amides is 2. The summed E-state index contributed by atoms with van der Waals surface area (Å²) >= 11 is 0. The van der Waals surface area contributed by atoms with Gasteiger partial charge in [0, 0.05) is 31.6 Å². The highest BCUT2D eigenvalue weighted by Gasteiger charge is 2.29. The zero-order chi connectivity index (χ0) is 29.0. The molecule has 0 bridgehead atoms. The number of nitrogens with zero attached hydrogens (tertiary/aromatic N) is 2. The van der Waals surface area contributed by atoms with Gasteiger partial charge in [-0.2, -0.15) is 0 Å². The number of aliphatic hydroxyl groups excluding tert-OH is 1. The Labute approximate surface area is 230 Å². The first kappa shape index (κ1) is 28.8. The van der Waals surface area contributed by atoms with Gasteiger partial charge in [0.1, 0.15) is 17.2 Å². The predicted molar refractivity (Wildman–Crippen MR) is 144 cm³/mol. The van der Waals surface area contributed by atoms with E-state index in [9.17, 15) is 28.3 Å². The molecule has 0 spiro atoms. The monoisotopic (exact) mass is 551 g/mol. The van der Waals surface area contributed by atoms with Crippen molar-refractivity contribution in [3.8, 4) is 11.1 Å². The highest BCUT2D eigenvalue weighted by molar-refractivity contribution is 5.93. The van der Waals surface area contributed by atoms with E-state index < -0.39 is 35.2 Å². The number of methoxy groups -OCH3 is 1. The second kappa shape index (κ2) is 12.4. The molecule has 1 heterocycles. The smallest absolute Gasteiger partial charge is 0.343 e. The lowest BCUT2D eigenvalue weighted by Gasteiger charge is -2.29. The zero-order valence-corrected chi connectivity index (χ0v) is 22.3. The number of hydrogen-bond donors (Lipinski definition) is 2. The van der Waals surface area contributed by atoms with Crippen LogP contribution >= 0.6 is 0 Å². The fourth-order valence-corrected chi connectivity index (χ4v) is 4.93. The summed E-state index contributed by atoms with van der Waals surface area (Å²) < 4.78 is 33.0. The fraction of sp³-hybridized carbons (Fsp3) is 0.300. The third kappa shape index (κ3) is 6.35. The van der Waals surface area contributed by atoms with E-state index in [0.29, 0.717) is 42.6 Å². The summed E-state index contributed by atoms with van der Waals surface area (Å²) in [4.78, 5) is 35.6. The quantitative estimate of drug-likeness (QED) is 0.369. The summed E-state index contributed by atoms with van der Waals surface area (Å²) in [6, 6.07) is 14.9. The van der Waals surface area contributed by atoms with Crippen LogP contribution in [0, 0.1) is 18.6 Å². The summed E-state index contributed by atoms with van der Waals surface area (Å²) in [5.41, 5.74) is 8.76. The number of nitrogens with two attached hydrogens (primary N) is 1. The van der Waals surface area contributed by atoms with E-state index in [1.807, 2.05) is 42.3 Å². The van der Waals surface area contributed by atoms with Crippen molar-refractivity contribution in [1.82, 2.24) is 10.0 Å². The molecular weight excluding hydrogens is 520 g/mol. The Morgan fingerprint density at radius 2 is 1.80 bits per heavy atom. The normalized spacial score (nSPS) is 14.4. The van der Waals surface area contributed by atoms with Crippen molar-refractivity contribution < 1.29 is 33.0 Å². The molecule has 0 radical (unpaired) electrons. The molecule has 0 aliphatic carbocycles. The average molecular weight is 552 g/mol. The van der Waals surface area contributed by atoms with Gasteiger partial charge in [-0.3, -0.25) is 14.6 Å². The molecule has 0 saturated carbocycles. The number of aryl methyl sites for hydroxylation is 1. The number of primary amides is 1. The maximum Gasteiger partial charge on any atom is 0.343 e. The van der Waals surface area contributed by atoms with E-state index in [4.69, 9.17) is 5.73 Å². The molecule has 1 aliphatic heterocycles. The van der Waals surface area contributed by atoms with Crippen LogP contribution in [-0.4, -0.2) is 59.7 Å². The molecule has 10 heteroatoms. The largest absolute Gasteiger partial charge is 0.465 e. The van der Waals surface area contributed by atoms with Crippen molar-refractivity contribution in [3.63, 3.8) is 0 Å². The van der Waals surface area contributed by atoms with E-state index in [2.05, 4.69) is 4.74 Å². The number of carbonyl (C=O) groups excluding carboxylic acids is 3. The molecule has 2 amide bonds. The lowest BCUT2D eigenvalue weighted by Crippen LogP contribution is -2.41. The van der Waals surface area contributed by atoms with E-state index in [-0.39, 0.29) is 18.9 Å². The van der Waals surface area contributed by atoms with Crippen molar-refractivity contribution >= 4 is 17.8 Å². The standard InChI is InChI=1S/C30H31F2N3O5/c1-18-14-22(29(33)38)6-7-23(18)20-4-3-5-21(17-20)26(36)9-11-34-12-10-27(37)35(34)13-8-19-15-24(31)28(25(32)16-19)30(39)40-2/h3-7,14-17,26,36H,8-13H2,1-2H3,(H2,33,38). The second-order valence-electron chi connectivity index (χ2n) is 9.72. The van der Waals surface area contributed by atoms with Crippen LogP contribution in [-0.2, 0) is 16.0 Å². The Morgan fingerprint density at radius 3 is 2.45 bits per heavy atom. The van der Waals surface area contributed by atoms with Gasteiger partial charge in [0.25, 0.3) is 0 Å². The van der Waals surface area contributed by atoms with Crippen LogP contribution < -0.4 is 5.73 Å². The maximum atomic E-state index is 14.3. The van der Waals surface area contributed by atoms with Gasteiger partial charge in [0.2, 0.25) is 11.8 Å². The van der Waals surface area contributed by atoms with Crippen molar-refractivity contribution in [2.45, 2.75) is 32.3 Å². The van der Waals surface area contributed by atoms with Crippen LogP contribution in [0.25, 0.3) is 11.1 Å². The molecule has 1 fully saturated rings. The predicted octanol–water partition coefficient (Wildman–Crippen LogP) is 3.94. The Morgan fingerprint density at radius 1 is 1.07 bits per heavy atom. The van der Waals surface area contributed by atoms with E-state index >= 15 is 0 Å². The summed E-state index contributed by atoms with van der Waals surface area (Å²) in [7, 11) is 1.04. The Kier molecular flexibility index (Phi) is 8.91. The number of hydrazine groups is 1. The topological polar surface area (TPSA) is 113 Å². The molecule has 3 N–H and O–H groups in total. The molecule has 0 aromatic heterocycles. The third-order valence-corrected chi connectivity index (χ3v) is 7.07. The summed E-state index contributed by atoms with van der Waals surface area (Å²) in [6.45, 7) is 2.95. The molecular formula is C30H31F2N3O5. The number of esters is 1. The van der Waals surface area contributed by atoms with Crippen molar-refractivity contribution in [2.24, 2.45) is 5.73 Å². The highest BCUT2D eigenvalue weighted by Crippen LogP contribution is 2.28. The van der Waals surface area contributed by atoms with Gasteiger partial charge in [0.15, 0.2) is 0 Å². The lowest BCUT2D eigenvalue weighted by molar-refractivity contribution is -0.138. The first-order chi connectivity index (χ1) is 19.1. The van der Waals surface area contributed by atoms with Gasteiger partial charge in [-0.15, -0.1) is 0 Å². The minimum Gasteiger partial charge on any atom is -0.465 e. The minimum atomic E-state index is -1.09. The van der Waals surface area contributed by atoms with Crippen LogP contribution in [0.4, 0.5) is 8.78 Å². The second-order valence-corrected chi connectivity index (χ2v) is 9.72. The van der Waals surface area contributed by atoms with Gasteiger partial charge < -0.3 is 15.6 Å². The summed E-state index contributed by atoms with van der Waals surface area (Å²) in [6.07, 6.45) is 0.0348. The van der Waals surface area contributed by atoms with E-state index in [1.165, 1.54) is 5.01 Å². The van der Waals surface area contributed by atoms with Crippen molar-refractivity contribution in [1.29, 1.82) is 0 Å². The van der Waals surface area contributed by atoms with Crippen LogP contribution in [0.3, 0.4) is 0 Å². The Hall–Kier alpha value is -4.15. The van der Waals surface area contributed by atoms with Crippen molar-refractivity contribution in [2.75, 3.05) is 26.7 Å². The number of carbonyl (C=O) groups is 3. The molecule has 40 heavy (non-hydrogen) atoms. The van der Waals surface area contributed by atoms with Crippen LogP contribution in [0.2, 0.25) is 0 Å². The number of ether oxygens (including phenoxy) is 1. The average Bonchev–Trinajstić information content (AvgIpc) is 3.28. The van der Waals surface area contributed by atoms with E-state index in [1.54, 1.807) is 12.1 Å². The molecule has 3 aromatic rings. The molecule has 8 nitrogen and oxygen atoms in total. The van der Waals surface area contributed by atoms with Gasteiger partial charge in [-0.05, 0) is 77.9 Å². The number of aliphatic hydroxyl groups is 1. The minimum absolute atomic E-state index is 0.113. The first-order valence-corrected chi connectivity index (χ1v) is 12.9. The Balaban J connectivity index is 1.39. The lowest BCUT2D eigenvalue weighted by atomic mass is 9.95. The summed E-state index contributed by atoms with van der Waals surface area (Å²) in [5.74, 6) is -3.74. The molecule has 1 atom stereocenters.